The van der Waals surface area contributed by atoms with Gasteiger partial charge < -0.3 is 47.4 Å². The number of hydrogen-bond acceptors (Lipinski definition) is 12. The molecule has 0 aliphatic carbocycles. The van der Waals surface area contributed by atoms with Gasteiger partial charge in [0.05, 0.1) is 118 Å². The molecule has 0 fully saturated rings. The third-order valence-electron chi connectivity index (χ3n) is 4.97. The second-order valence-electron chi connectivity index (χ2n) is 8.65. The van der Waals surface area contributed by atoms with Crippen molar-refractivity contribution >= 4 is 11.8 Å². The minimum Gasteiger partial charge on any atom is -0.457 e. The first-order valence-electron chi connectivity index (χ1n) is 14.1. The van der Waals surface area contributed by atoms with Crippen molar-refractivity contribution in [3.8, 4) is 0 Å². The predicted octanol–water partition coefficient (Wildman–Crippen LogP) is 1.97. The number of benzene rings is 1. The Kier molecular flexibility index (Phi) is 25.4. The van der Waals surface area contributed by atoms with E-state index in [0.717, 1.165) is 0 Å². The van der Waals surface area contributed by atoms with Crippen LogP contribution < -0.4 is 0 Å². The van der Waals surface area contributed by atoms with Crippen molar-refractivity contribution < 1.29 is 57.0 Å². The molecule has 0 unspecified atom stereocenters. The molecular weight excluding hydrogens is 540 g/mol. The number of esters is 1. The maximum atomic E-state index is 11.9. The lowest BCUT2D eigenvalue weighted by atomic mass is 10.1. The van der Waals surface area contributed by atoms with E-state index >= 15 is 0 Å². The molecule has 12 nitrogen and oxygen atoms in total. The summed E-state index contributed by atoms with van der Waals surface area (Å²) in [6.07, 6.45) is 0.224. The minimum atomic E-state index is -0.894. The van der Waals surface area contributed by atoms with E-state index in [-0.39, 0.29) is 19.3 Å². The third kappa shape index (κ3) is 24.3. The largest absolute Gasteiger partial charge is 0.457 e. The van der Waals surface area contributed by atoms with E-state index in [0.29, 0.717) is 111 Å². The van der Waals surface area contributed by atoms with Crippen molar-refractivity contribution in [2.24, 2.45) is 0 Å². The van der Waals surface area contributed by atoms with Gasteiger partial charge in [0.15, 0.2) is 0 Å². The van der Waals surface area contributed by atoms with Gasteiger partial charge >= 0.3 is 5.97 Å². The molecule has 41 heavy (non-hydrogen) atoms. The molecule has 0 aromatic heterocycles. The first-order valence-corrected chi connectivity index (χ1v) is 14.1. The van der Waals surface area contributed by atoms with E-state index in [2.05, 4.69) is 0 Å². The summed E-state index contributed by atoms with van der Waals surface area (Å²) in [5, 5.41) is 0. The van der Waals surface area contributed by atoms with Crippen LogP contribution in [0.25, 0.3) is 0 Å². The molecule has 0 N–H and O–H groups in total. The average Bonchev–Trinajstić information content (AvgIpc) is 2.98. The molecule has 0 saturated heterocycles. The van der Waals surface area contributed by atoms with E-state index in [1.807, 2.05) is 13.8 Å². The van der Waals surface area contributed by atoms with Gasteiger partial charge in [-0.1, -0.05) is 30.3 Å². The van der Waals surface area contributed by atoms with Crippen LogP contribution >= 0.6 is 0 Å². The van der Waals surface area contributed by atoms with Gasteiger partial charge in [0, 0.05) is 5.56 Å². The SMILES string of the molecule is CC(C)OCCOCCOCCOCCOCCOCCOCCOCCOCCOC(=O)C(=O)c1ccccc1. The summed E-state index contributed by atoms with van der Waals surface area (Å²) >= 11 is 0. The van der Waals surface area contributed by atoms with Crippen LogP contribution in [0, 0.1) is 0 Å². The van der Waals surface area contributed by atoms with Gasteiger partial charge in [-0.2, -0.15) is 0 Å². The molecular formula is C29H48O12. The molecule has 0 spiro atoms. The molecule has 12 heteroatoms. The van der Waals surface area contributed by atoms with Crippen molar-refractivity contribution in [2.75, 3.05) is 119 Å². The van der Waals surface area contributed by atoms with Crippen molar-refractivity contribution in [1.82, 2.24) is 0 Å². The Bertz CT molecular complexity index is 732. The maximum Gasteiger partial charge on any atom is 0.379 e. The zero-order valence-corrected chi connectivity index (χ0v) is 24.6. The van der Waals surface area contributed by atoms with Gasteiger partial charge in [0.2, 0.25) is 0 Å². The fraction of sp³-hybridized carbons (Fsp3) is 0.724. The van der Waals surface area contributed by atoms with Crippen LogP contribution in [0.1, 0.15) is 24.2 Å². The fourth-order valence-electron chi connectivity index (χ4n) is 2.95. The van der Waals surface area contributed by atoms with Gasteiger partial charge in [0.25, 0.3) is 5.78 Å². The van der Waals surface area contributed by atoms with Gasteiger partial charge in [-0.3, -0.25) is 4.79 Å². The molecule has 0 saturated carbocycles. The van der Waals surface area contributed by atoms with E-state index < -0.39 is 11.8 Å². The second kappa shape index (κ2) is 28.1. The number of ether oxygens (including phenoxy) is 10. The number of carbonyl (C=O) groups excluding carboxylic acids is 2. The molecule has 1 aromatic rings. The average molecular weight is 589 g/mol. The van der Waals surface area contributed by atoms with Crippen LogP contribution in [0.5, 0.6) is 0 Å². The lowest BCUT2D eigenvalue weighted by Crippen LogP contribution is -2.20. The highest BCUT2D eigenvalue weighted by molar-refractivity contribution is 6.40. The van der Waals surface area contributed by atoms with Crippen LogP contribution in [-0.4, -0.2) is 137 Å². The second-order valence-corrected chi connectivity index (χ2v) is 8.65. The van der Waals surface area contributed by atoms with E-state index in [4.69, 9.17) is 47.4 Å². The van der Waals surface area contributed by atoms with Crippen molar-refractivity contribution in [3.63, 3.8) is 0 Å². The highest BCUT2D eigenvalue weighted by atomic mass is 16.6. The van der Waals surface area contributed by atoms with Crippen LogP contribution in [-0.2, 0) is 52.2 Å². The number of hydrogen-bond donors (Lipinski definition) is 0. The Labute approximate surface area is 243 Å². The lowest BCUT2D eigenvalue weighted by Gasteiger charge is -2.09. The highest BCUT2D eigenvalue weighted by Crippen LogP contribution is 2.01. The Morgan fingerprint density at radius 3 is 1.15 bits per heavy atom. The molecule has 0 amide bonds. The van der Waals surface area contributed by atoms with Crippen molar-refractivity contribution in [2.45, 2.75) is 20.0 Å². The van der Waals surface area contributed by atoms with E-state index in [9.17, 15) is 9.59 Å². The minimum absolute atomic E-state index is 0.00150. The summed E-state index contributed by atoms with van der Waals surface area (Å²) in [4.78, 5) is 23.6. The molecule has 0 radical (unpaired) electrons. The number of rotatable bonds is 30. The van der Waals surface area contributed by atoms with Crippen LogP contribution in [0.15, 0.2) is 30.3 Å². The van der Waals surface area contributed by atoms with Gasteiger partial charge in [0.1, 0.15) is 6.61 Å². The fourth-order valence-corrected chi connectivity index (χ4v) is 2.95. The summed E-state index contributed by atoms with van der Waals surface area (Å²) in [5.74, 6) is -1.57. The number of Topliss-reactive ketones (excluding diaryl/α,β-unsaturated/α-hetero) is 1. The topological polar surface area (TPSA) is 126 Å². The normalized spacial score (nSPS) is 11.3. The molecule has 0 aliphatic heterocycles. The molecule has 0 heterocycles. The Hall–Kier alpha value is -2.00. The zero-order valence-electron chi connectivity index (χ0n) is 24.6. The highest BCUT2D eigenvalue weighted by Gasteiger charge is 2.17. The molecule has 1 aromatic carbocycles. The smallest absolute Gasteiger partial charge is 0.379 e. The van der Waals surface area contributed by atoms with Gasteiger partial charge in [-0.05, 0) is 13.8 Å². The molecule has 0 bridgehead atoms. The van der Waals surface area contributed by atoms with Gasteiger partial charge in [-0.15, -0.1) is 0 Å². The summed E-state index contributed by atoms with van der Waals surface area (Å²) in [6.45, 7) is 12.0. The summed E-state index contributed by atoms with van der Waals surface area (Å²) < 4.78 is 53.6. The molecule has 236 valence electrons. The first kappa shape index (κ1) is 37.0. The summed E-state index contributed by atoms with van der Waals surface area (Å²) in [7, 11) is 0. The summed E-state index contributed by atoms with van der Waals surface area (Å²) in [5.41, 5.74) is 0.298. The predicted molar refractivity (Wildman–Crippen MR) is 149 cm³/mol. The van der Waals surface area contributed by atoms with E-state index in [1.165, 1.54) is 0 Å². The van der Waals surface area contributed by atoms with Crippen LogP contribution in [0.2, 0.25) is 0 Å². The Morgan fingerprint density at radius 1 is 0.488 bits per heavy atom. The number of carbonyl (C=O) groups is 2. The van der Waals surface area contributed by atoms with Gasteiger partial charge in [-0.25, -0.2) is 4.79 Å². The van der Waals surface area contributed by atoms with Crippen molar-refractivity contribution in [1.29, 1.82) is 0 Å². The third-order valence-corrected chi connectivity index (χ3v) is 4.97. The maximum absolute atomic E-state index is 11.9. The first-order chi connectivity index (χ1) is 20.1. The zero-order chi connectivity index (χ0) is 29.6. The molecule has 0 atom stereocenters. The lowest BCUT2D eigenvalue weighted by molar-refractivity contribution is -0.139. The number of ketones is 1. The monoisotopic (exact) mass is 588 g/mol. The van der Waals surface area contributed by atoms with Crippen LogP contribution in [0.3, 0.4) is 0 Å². The Balaban J connectivity index is 1.69. The quantitative estimate of drug-likeness (QED) is 0.0564. The Morgan fingerprint density at radius 2 is 0.805 bits per heavy atom. The van der Waals surface area contributed by atoms with Crippen molar-refractivity contribution in [3.05, 3.63) is 35.9 Å². The van der Waals surface area contributed by atoms with E-state index in [1.54, 1.807) is 30.3 Å². The molecule has 0 aliphatic rings. The standard InChI is InChI=1S/C29H48O12/c1-26(2)40-24-22-38-20-18-36-16-14-34-12-10-32-8-9-33-11-13-35-15-17-37-19-21-39-23-25-41-29(31)28(30)27-6-4-3-5-7-27/h3-7,26H,8-25H2,1-2H3. The molecule has 1 rings (SSSR count). The van der Waals surface area contributed by atoms with Crippen LogP contribution in [0.4, 0.5) is 0 Å². The summed E-state index contributed by atoms with van der Waals surface area (Å²) in [6, 6.07) is 8.26.